The van der Waals surface area contributed by atoms with Crippen molar-refractivity contribution in [3.05, 3.63) is 34.9 Å². The van der Waals surface area contributed by atoms with Gasteiger partial charge in [-0.05, 0) is 37.0 Å². The molecule has 0 radical (unpaired) electrons. The Bertz CT molecular complexity index is 433. The summed E-state index contributed by atoms with van der Waals surface area (Å²) in [4.78, 5) is 2.48. The molecule has 1 aromatic rings. The average Bonchev–Trinajstić information content (AvgIpc) is 2.41. The van der Waals surface area contributed by atoms with E-state index in [4.69, 9.17) is 11.6 Å². The second kappa shape index (κ2) is 5.43. The van der Waals surface area contributed by atoms with Gasteiger partial charge in [-0.3, -0.25) is 4.90 Å². The molecule has 0 spiro atoms. The van der Waals surface area contributed by atoms with Gasteiger partial charge in [0.2, 0.25) is 0 Å². The largest absolute Gasteiger partial charge is 0.390 e. The lowest BCUT2D eigenvalue weighted by atomic mass is 9.71. The van der Waals surface area contributed by atoms with Gasteiger partial charge in [0.15, 0.2) is 0 Å². The second-order valence-electron chi connectivity index (χ2n) is 6.16. The third-order valence-electron chi connectivity index (χ3n) is 4.83. The summed E-state index contributed by atoms with van der Waals surface area (Å²) in [7, 11) is 0. The Kier molecular flexibility index (Phi) is 3.84. The smallest absolute Gasteiger partial charge is 0.0700 e. The quantitative estimate of drug-likeness (QED) is 0.896. The van der Waals surface area contributed by atoms with Crippen molar-refractivity contribution in [3.63, 3.8) is 0 Å². The van der Waals surface area contributed by atoms with Crippen molar-refractivity contribution in [3.8, 4) is 0 Å². The standard InChI is InChI=1S/C16H22ClNO/c17-15-6-4-13(5-7-15)11-18-10-9-16(19)8-2-1-3-14(16)12-18/h4-7,14,19H,1-3,8-12H2. The Balaban J connectivity index is 1.63. The molecule has 1 aliphatic carbocycles. The van der Waals surface area contributed by atoms with Crippen LogP contribution in [0.15, 0.2) is 24.3 Å². The molecule has 3 rings (SSSR count). The van der Waals surface area contributed by atoms with Gasteiger partial charge in [-0.1, -0.05) is 36.6 Å². The maximum absolute atomic E-state index is 10.7. The normalized spacial score (nSPS) is 32.0. The lowest BCUT2D eigenvalue weighted by molar-refractivity contribution is -0.0967. The van der Waals surface area contributed by atoms with Gasteiger partial charge in [0.05, 0.1) is 5.60 Å². The van der Waals surface area contributed by atoms with Crippen molar-refractivity contribution in [1.82, 2.24) is 4.90 Å². The van der Waals surface area contributed by atoms with Crippen LogP contribution in [-0.2, 0) is 6.54 Å². The van der Waals surface area contributed by atoms with Crippen molar-refractivity contribution >= 4 is 11.6 Å². The summed E-state index contributed by atoms with van der Waals surface area (Å²) in [5, 5.41) is 11.5. The number of nitrogens with zero attached hydrogens (tertiary/aromatic N) is 1. The molecule has 1 N–H and O–H groups in total. The summed E-state index contributed by atoms with van der Waals surface area (Å²) in [6.07, 6.45) is 5.61. The molecule has 0 aromatic heterocycles. The third kappa shape index (κ3) is 2.96. The summed E-state index contributed by atoms with van der Waals surface area (Å²) < 4.78 is 0. The maximum atomic E-state index is 10.7. The van der Waals surface area contributed by atoms with Crippen LogP contribution in [0.25, 0.3) is 0 Å². The van der Waals surface area contributed by atoms with Gasteiger partial charge < -0.3 is 5.11 Å². The highest BCUT2D eigenvalue weighted by molar-refractivity contribution is 6.30. The van der Waals surface area contributed by atoms with Gasteiger partial charge in [-0.15, -0.1) is 0 Å². The average molecular weight is 280 g/mol. The van der Waals surface area contributed by atoms with Crippen LogP contribution >= 0.6 is 11.6 Å². The molecule has 2 fully saturated rings. The molecular weight excluding hydrogens is 258 g/mol. The van der Waals surface area contributed by atoms with E-state index < -0.39 is 0 Å². The van der Waals surface area contributed by atoms with E-state index in [0.29, 0.717) is 5.92 Å². The number of fused-ring (bicyclic) bond motifs is 1. The zero-order chi connectivity index (χ0) is 13.3. The molecule has 3 heteroatoms. The first kappa shape index (κ1) is 13.4. The van der Waals surface area contributed by atoms with Crippen molar-refractivity contribution in [2.45, 2.75) is 44.2 Å². The number of piperidine rings is 1. The van der Waals surface area contributed by atoms with E-state index in [1.165, 1.54) is 24.8 Å². The van der Waals surface area contributed by atoms with E-state index in [2.05, 4.69) is 17.0 Å². The fraction of sp³-hybridized carbons (Fsp3) is 0.625. The second-order valence-corrected chi connectivity index (χ2v) is 6.59. The molecule has 0 bridgehead atoms. The van der Waals surface area contributed by atoms with Gasteiger partial charge in [0, 0.05) is 30.6 Å². The molecule has 0 amide bonds. The van der Waals surface area contributed by atoms with E-state index in [1.807, 2.05) is 12.1 Å². The summed E-state index contributed by atoms with van der Waals surface area (Å²) in [5.41, 5.74) is 0.944. The van der Waals surface area contributed by atoms with Crippen LogP contribution in [0, 0.1) is 5.92 Å². The minimum atomic E-state index is -0.366. The number of likely N-dealkylation sites (tertiary alicyclic amines) is 1. The first-order chi connectivity index (χ1) is 9.16. The number of hydrogen-bond donors (Lipinski definition) is 1. The number of rotatable bonds is 2. The van der Waals surface area contributed by atoms with E-state index in [0.717, 1.165) is 37.5 Å². The monoisotopic (exact) mass is 279 g/mol. The van der Waals surface area contributed by atoms with Crippen LogP contribution in [0.4, 0.5) is 0 Å². The lowest BCUT2D eigenvalue weighted by Gasteiger charge is -2.47. The zero-order valence-electron chi connectivity index (χ0n) is 11.3. The van der Waals surface area contributed by atoms with Crippen molar-refractivity contribution < 1.29 is 5.11 Å². The van der Waals surface area contributed by atoms with Gasteiger partial charge in [-0.2, -0.15) is 0 Å². The number of halogens is 1. The molecule has 19 heavy (non-hydrogen) atoms. The predicted octanol–water partition coefficient (Wildman–Crippen LogP) is 3.47. The van der Waals surface area contributed by atoms with Crippen molar-refractivity contribution in [2.24, 2.45) is 5.92 Å². The van der Waals surface area contributed by atoms with Gasteiger partial charge in [0.1, 0.15) is 0 Å². The fourth-order valence-electron chi connectivity index (χ4n) is 3.63. The van der Waals surface area contributed by atoms with E-state index in [9.17, 15) is 5.11 Å². The Morgan fingerprint density at radius 3 is 2.79 bits per heavy atom. The van der Waals surface area contributed by atoms with E-state index in [1.54, 1.807) is 0 Å². The number of hydrogen-bond acceptors (Lipinski definition) is 2. The van der Waals surface area contributed by atoms with E-state index in [-0.39, 0.29) is 5.60 Å². The third-order valence-corrected chi connectivity index (χ3v) is 5.08. The molecular formula is C16H22ClNO. The van der Waals surface area contributed by atoms with Crippen molar-refractivity contribution in [2.75, 3.05) is 13.1 Å². The Labute approximate surface area is 120 Å². The molecule has 1 heterocycles. The molecule has 104 valence electrons. The fourth-order valence-corrected chi connectivity index (χ4v) is 3.76. The van der Waals surface area contributed by atoms with Crippen LogP contribution in [0.1, 0.15) is 37.7 Å². The van der Waals surface area contributed by atoms with Crippen LogP contribution in [0.3, 0.4) is 0 Å². The number of benzene rings is 1. The van der Waals surface area contributed by atoms with Crippen LogP contribution in [-0.4, -0.2) is 28.7 Å². The summed E-state index contributed by atoms with van der Waals surface area (Å²) in [5.74, 6) is 0.474. The Morgan fingerprint density at radius 2 is 2.00 bits per heavy atom. The van der Waals surface area contributed by atoms with Crippen LogP contribution in [0.2, 0.25) is 5.02 Å². The highest BCUT2D eigenvalue weighted by Crippen LogP contribution is 2.40. The van der Waals surface area contributed by atoms with Gasteiger partial charge in [0.25, 0.3) is 0 Å². The zero-order valence-corrected chi connectivity index (χ0v) is 12.1. The summed E-state index contributed by atoms with van der Waals surface area (Å²) >= 11 is 5.92. The summed E-state index contributed by atoms with van der Waals surface area (Å²) in [6, 6.07) is 8.11. The first-order valence-corrected chi connectivity index (χ1v) is 7.73. The molecule has 1 aliphatic heterocycles. The van der Waals surface area contributed by atoms with Crippen LogP contribution in [0.5, 0.6) is 0 Å². The molecule has 1 aromatic carbocycles. The highest BCUT2D eigenvalue weighted by Gasteiger charge is 2.42. The Morgan fingerprint density at radius 1 is 1.21 bits per heavy atom. The minimum Gasteiger partial charge on any atom is -0.390 e. The minimum absolute atomic E-state index is 0.366. The predicted molar refractivity (Wildman–Crippen MR) is 78.3 cm³/mol. The number of aliphatic hydroxyl groups is 1. The van der Waals surface area contributed by atoms with E-state index >= 15 is 0 Å². The topological polar surface area (TPSA) is 23.5 Å². The first-order valence-electron chi connectivity index (χ1n) is 7.35. The van der Waals surface area contributed by atoms with Gasteiger partial charge in [-0.25, -0.2) is 0 Å². The lowest BCUT2D eigenvalue weighted by Crippen LogP contribution is -2.52. The summed E-state index contributed by atoms with van der Waals surface area (Å²) in [6.45, 7) is 3.03. The molecule has 2 unspecified atom stereocenters. The SMILES string of the molecule is OC12CCCCC1CN(Cc1ccc(Cl)cc1)CC2. The maximum Gasteiger partial charge on any atom is 0.0700 e. The molecule has 2 aliphatic rings. The molecule has 2 nitrogen and oxygen atoms in total. The highest BCUT2D eigenvalue weighted by atomic mass is 35.5. The molecule has 1 saturated carbocycles. The molecule has 1 saturated heterocycles. The van der Waals surface area contributed by atoms with Crippen molar-refractivity contribution in [1.29, 1.82) is 0 Å². The van der Waals surface area contributed by atoms with Gasteiger partial charge >= 0.3 is 0 Å². The Hall–Kier alpha value is -0.570. The van der Waals surface area contributed by atoms with Crippen LogP contribution < -0.4 is 0 Å². The molecule has 2 atom stereocenters.